The number of nitrogens with two attached hydrogens (primary N) is 1. The summed E-state index contributed by atoms with van der Waals surface area (Å²) in [5.41, 5.74) is 6.76. The molecule has 0 bridgehead atoms. The molecule has 1 aromatic carbocycles. The molecule has 4 heteroatoms. The van der Waals surface area contributed by atoms with E-state index in [1.807, 2.05) is 0 Å². The maximum absolute atomic E-state index is 11.1. The molecule has 0 atom stereocenters. The molecule has 0 amide bonds. The number of hydrogen-bond donors (Lipinski definition) is 1. The maximum atomic E-state index is 11.1. The topological polar surface area (TPSA) is 52.3 Å². The highest BCUT2D eigenvalue weighted by Crippen LogP contribution is 2.26. The third-order valence-corrected chi connectivity index (χ3v) is 2.61. The molecule has 0 heterocycles. The van der Waals surface area contributed by atoms with E-state index in [2.05, 4.69) is 22.6 Å². The number of nitrogen functional groups attached to an aromatic ring is 1. The standard InChI is InChI=1S/C9H10INO2/c1-5(12)7-3-6(13-2)4-8(10)9(7)11/h3-4H,11H2,1-2H3. The Hall–Kier alpha value is -0.780. The smallest absolute Gasteiger partial charge is 0.162 e. The minimum atomic E-state index is -0.0469. The third-order valence-electron chi connectivity index (χ3n) is 1.72. The van der Waals surface area contributed by atoms with Crippen molar-refractivity contribution in [2.24, 2.45) is 0 Å². The van der Waals surface area contributed by atoms with Crippen LogP contribution in [-0.2, 0) is 0 Å². The van der Waals surface area contributed by atoms with E-state index < -0.39 is 0 Å². The van der Waals surface area contributed by atoms with E-state index in [0.717, 1.165) is 3.57 Å². The molecule has 0 saturated carbocycles. The van der Waals surface area contributed by atoms with Gasteiger partial charge >= 0.3 is 0 Å². The number of carbonyl (C=O) groups is 1. The molecule has 0 aromatic heterocycles. The number of hydrogen-bond acceptors (Lipinski definition) is 3. The summed E-state index contributed by atoms with van der Waals surface area (Å²) >= 11 is 2.08. The zero-order valence-electron chi connectivity index (χ0n) is 7.43. The summed E-state index contributed by atoms with van der Waals surface area (Å²) in [7, 11) is 1.56. The van der Waals surface area contributed by atoms with E-state index >= 15 is 0 Å². The zero-order valence-corrected chi connectivity index (χ0v) is 9.58. The van der Waals surface area contributed by atoms with Crippen LogP contribution < -0.4 is 10.5 Å². The molecule has 0 spiro atoms. The van der Waals surface area contributed by atoms with Crippen LogP contribution in [-0.4, -0.2) is 12.9 Å². The van der Waals surface area contributed by atoms with Gasteiger partial charge in [0.1, 0.15) is 5.75 Å². The first-order chi connectivity index (χ1) is 6.06. The molecule has 0 aliphatic rings. The van der Waals surface area contributed by atoms with E-state index in [-0.39, 0.29) is 5.78 Å². The van der Waals surface area contributed by atoms with Gasteiger partial charge in [-0.1, -0.05) is 0 Å². The van der Waals surface area contributed by atoms with E-state index in [1.165, 1.54) is 6.92 Å². The van der Waals surface area contributed by atoms with Crippen molar-refractivity contribution < 1.29 is 9.53 Å². The van der Waals surface area contributed by atoms with Crippen molar-refractivity contribution in [1.29, 1.82) is 0 Å². The summed E-state index contributed by atoms with van der Waals surface area (Å²) in [5, 5.41) is 0. The van der Waals surface area contributed by atoms with Crippen molar-refractivity contribution in [1.82, 2.24) is 0 Å². The highest BCUT2D eigenvalue weighted by atomic mass is 127. The van der Waals surface area contributed by atoms with Gasteiger partial charge in [-0.05, 0) is 41.6 Å². The van der Waals surface area contributed by atoms with Gasteiger partial charge in [-0.2, -0.15) is 0 Å². The molecule has 2 N–H and O–H groups in total. The van der Waals surface area contributed by atoms with Crippen LogP contribution in [0.4, 0.5) is 5.69 Å². The van der Waals surface area contributed by atoms with Crippen LogP contribution in [0.1, 0.15) is 17.3 Å². The Kier molecular flexibility index (Phi) is 3.13. The van der Waals surface area contributed by atoms with Crippen molar-refractivity contribution in [2.45, 2.75) is 6.92 Å². The first-order valence-corrected chi connectivity index (χ1v) is 4.78. The molecule has 70 valence electrons. The Bertz CT molecular complexity index is 350. The summed E-state index contributed by atoms with van der Waals surface area (Å²) in [5.74, 6) is 0.609. The molecule has 1 aromatic rings. The van der Waals surface area contributed by atoms with E-state index in [4.69, 9.17) is 10.5 Å². The van der Waals surface area contributed by atoms with E-state index in [9.17, 15) is 4.79 Å². The summed E-state index contributed by atoms with van der Waals surface area (Å²) < 4.78 is 5.86. The highest BCUT2D eigenvalue weighted by Gasteiger charge is 2.09. The number of benzene rings is 1. The van der Waals surface area contributed by atoms with Gasteiger partial charge in [0.05, 0.1) is 12.8 Å². The Morgan fingerprint density at radius 3 is 2.62 bits per heavy atom. The number of ether oxygens (including phenoxy) is 1. The molecule has 3 nitrogen and oxygen atoms in total. The molecular weight excluding hydrogens is 281 g/mol. The molecular formula is C9H10INO2. The molecule has 0 unspecified atom stereocenters. The van der Waals surface area contributed by atoms with Gasteiger partial charge in [0.15, 0.2) is 5.78 Å². The lowest BCUT2D eigenvalue weighted by molar-refractivity contribution is 0.101. The lowest BCUT2D eigenvalue weighted by atomic mass is 10.1. The summed E-state index contributed by atoms with van der Waals surface area (Å²) in [4.78, 5) is 11.1. The Morgan fingerprint density at radius 1 is 1.54 bits per heavy atom. The number of methoxy groups -OCH3 is 1. The van der Waals surface area contributed by atoms with Crippen molar-refractivity contribution >= 4 is 34.1 Å². The lowest BCUT2D eigenvalue weighted by Gasteiger charge is -2.07. The Balaban J connectivity index is 3.33. The average Bonchev–Trinajstić information content (AvgIpc) is 2.09. The van der Waals surface area contributed by atoms with Gasteiger partial charge < -0.3 is 10.5 Å². The van der Waals surface area contributed by atoms with Crippen LogP contribution in [0.15, 0.2) is 12.1 Å². The molecule has 0 aliphatic carbocycles. The van der Waals surface area contributed by atoms with E-state index in [0.29, 0.717) is 17.0 Å². The van der Waals surface area contributed by atoms with Crippen molar-refractivity contribution in [3.63, 3.8) is 0 Å². The predicted octanol–water partition coefficient (Wildman–Crippen LogP) is 2.08. The predicted molar refractivity (Wildman–Crippen MR) is 60.1 cm³/mol. The maximum Gasteiger partial charge on any atom is 0.162 e. The first-order valence-electron chi connectivity index (χ1n) is 3.70. The second-order valence-corrected chi connectivity index (χ2v) is 3.79. The zero-order chi connectivity index (χ0) is 10.0. The van der Waals surface area contributed by atoms with Crippen LogP contribution in [0, 0.1) is 3.57 Å². The number of ketones is 1. The molecule has 0 saturated heterocycles. The highest BCUT2D eigenvalue weighted by molar-refractivity contribution is 14.1. The molecule has 13 heavy (non-hydrogen) atoms. The fourth-order valence-corrected chi connectivity index (χ4v) is 1.60. The number of carbonyl (C=O) groups excluding carboxylic acids is 1. The quantitative estimate of drug-likeness (QED) is 0.515. The molecule has 1 rings (SSSR count). The second-order valence-electron chi connectivity index (χ2n) is 2.63. The summed E-state index contributed by atoms with van der Waals surface area (Å²) in [6.07, 6.45) is 0. The van der Waals surface area contributed by atoms with Crippen LogP contribution >= 0.6 is 22.6 Å². The van der Waals surface area contributed by atoms with Gasteiger partial charge in [-0.3, -0.25) is 4.79 Å². The fourth-order valence-electron chi connectivity index (χ4n) is 1.00. The second kappa shape index (κ2) is 3.95. The van der Waals surface area contributed by atoms with Crippen LogP contribution in [0.5, 0.6) is 5.75 Å². The first kappa shape index (κ1) is 10.3. The van der Waals surface area contributed by atoms with Crippen LogP contribution in [0.2, 0.25) is 0 Å². The number of Topliss-reactive ketones (excluding diaryl/α,β-unsaturated/α-hetero) is 1. The monoisotopic (exact) mass is 291 g/mol. The van der Waals surface area contributed by atoms with Gasteiger partial charge in [-0.25, -0.2) is 0 Å². The molecule has 0 radical (unpaired) electrons. The van der Waals surface area contributed by atoms with Crippen LogP contribution in [0.25, 0.3) is 0 Å². The fraction of sp³-hybridized carbons (Fsp3) is 0.222. The normalized spacial score (nSPS) is 9.77. The van der Waals surface area contributed by atoms with Crippen LogP contribution in [0.3, 0.4) is 0 Å². The van der Waals surface area contributed by atoms with Gasteiger partial charge in [0, 0.05) is 9.13 Å². The summed E-state index contributed by atoms with van der Waals surface area (Å²) in [6.45, 7) is 1.49. The van der Waals surface area contributed by atoms with Gasteiger partial charge in [-0.15, -0.1) is 0 Å². The Morgan fingerprint density at radius 2 is 2.15 bits per heavy atom. The summed E-state index contributed by atoms with van der Waals surface area (Å²) in [6, 6.07) is 3.45. The number of halogens is 1. The number of rotatable bonds is 2. The van der Waals surface area contributed by atoms with Crippen molar-refractivity contribution in [2.75, 3.05) is 12.8 Å². The lowest BCUT2D eigenvalue weighted by Crippen LogP contribution is -2.02. The third kappa shape index (κ3) is 2.12. The average molecular weight is 291 g/mol. The SMILES string of the molecule is COc1cc(I)c(N)c(C(C)=O)c1. The minimum Gasteiger partial charge on any atom is -0.497 e. The van der Waals surface area contributed by atoms with Gasteiger partial charge in [0.25, 0.3) is 0 Å². The van der Waals surface area contributed by atoms with E-state index in [1.54, 1.807) is 19.2 Å². The largest absolute Gasteiger partial charge is 0.497 e. The molecule has 0 aliphatic heterocycles. The molecule has 0 fully saturated rings. The van der Waals surface area contributed by atoms with Gasteiger partial charge in [0.2, 0.25) is 0 Å². The number of anilines is 1. The minimum absolute atomic E-state index is 0.0469. The van der Waals surface area contributed by atoms with Crippen molar-refractivity contribution in [3.8, 4) is 5.75 Å². The Labute approximate surface area is 90.4 Å². The van der Waals surface area contributed by atoms with Crippen molar-refractivity contribution in [3.05, 3.63) is 21.3 Å².